The highest BCUT2D eigenvalue weighted by Gasteiger charge is 2.48. The second-order valence-electron chi connectivity index (χ2n) is 8.38. The molecule has 0 radical (unpaired) electrons. The van der Waals surface area contributed by atoms with E-state index in [0.29, 0.717) is 29.1 Å². The summed E-state index contributed by atoms with van der Waals surface area (Å²) in [4.78, 5) is 23.1. The maximum atomic E-state index is 12.8. The van der Waals surface area contributed by atoms with Crippen LogP contribution in [0.3, 0.4) is 0 Å². The topological polar surface area (TPSA) is 90.1 Å². The van der Waals surface area contributed by atoms with E-state index >= 15 is 0 Å². The van der Waals surface area contributed by atoms with Crippen molar-refractivity contribution in [1.29, 1.82) is 0 Å². The number of carbonyl (C=O) groups is 1. The summed E-state index contributed by atoms with van der Waals surface area (Å²) in [5.74, 6) is 2.96. The second kappa shape index (κ2) is 6.18. The van der Waals surface area contributed by atoms with E-state index in [2.05, 4.69) is 10.4 Å². The number of nitro groups is 1. The van der Waals surface area contributed by atoms with Gasteiger partial charge in [0.25, 0.3) is 11.6 Å². The van der Waals surface area contributed by atoms with E-state index < -0.39 is 4.92 Å². The van der Waals surface area contributed by atoms with Crippen LogP contribution < -0.4 is 5.32 Å². The van der Waals surface area contributed by atoms with E-state index in [1.165, 1.54) is 44.2 Å². The lowest BCUT2D eigenvalue weighted by Crippen LogP contribution is -2.55. The van der Waals surface area contributed by atoms with E-state index in [-0.39, 0.29) is 11.6 Å². The third-order valence-electron chi connectivity index (χ3n) is 6.69. The summed E-state index contributed by atoms with van der Waals surface area (Å²) in [5, 5.41) is 18.3. The first kappa shape index (κ1) is 16.5. The second-order valence-corrected chi connectivity index (χ2v) is 8.38. The van der Waals surface area contributed by atoms with Gasteiger partial charge in [0, 0.05) is 24.4 Å². The Hall–Kier alpha value is -2.70. The molecule has 7 heteroatoms. The fourth-order valence-electron chi connectivity index (χ4n) is 5.70. The molecule has 4 fully saturated rings. The number of aromatic nitrogens is 2. The Labute approximate surface area is 156 Å². The number of non-ortho nitro benzene ring substituents is 1. The Morgan fingerprint density at radius 1 is 1.07 bits per heavy atom. The minimum absolute atomic E-state index is 0.0331. The van der Waals surface area contributed by atoms with Crippen LogP contribution >= 0.6 is 0 Å². The molecule has 7 nitrogen and oxygen atoms in total. The van der Waals surface area contributed by atoms with Gasteiger partial charge < -0.3 is 5.32 Å². The Morgan fingerprint density at radius 2 is 1.70 bits per heavy atom. The van der Waals surface area contributed by atoms with Crippen LogP contribution in [0.25, 0.3) is 5.69 Å². The standard InChI is InChI=1S/C20H22N4O3/c25-20(22-19-14-6-12-5-13(8-14)9-15(19)7-12)16-10-21-23(11-16)17-1-3-18(4-2-17)24(26)27/h1-4,10-15,19H,5-9H2,(H,22,25). The first-order valence-corrected chi connectivity index (χ1v) is 9.67. The molecule has 1 aromatic heterocycles. The number of hydrogen-bond donors (Lipinski definition) is 1. The smallest absolute Gasteiger partial charge is 0.269 e. The number of benzene rings is 1. The molecule has 1 amide bonds. The lowest BCUT2D eigenvalue weighted by atomic mass is 9.54. The molecular formula is C20H22N4O3. The van der Waals surface area contributed by atoms with Crippen LogP contribution in [0.5, 0.6) is 0 Å². The number of nitrogens with zero attached hydrogens (tertiary/aromatic N) is 3. The van der Waals surface area contributed by atoms with E-state index in [4.69, 9.17) is 0 Å². The first-order valence-electron chi connectivity index (χ1n) is 9.67. The van der Waals surface area contributed by atoms with Gasteiger partial charge in [0.05, 0.1) is 22.4 Å². The van der Waals surface area contributed by atoms with Gasteiger partial charge >= 0.3 is 0 Å². The van der Waals surface area contributed by atoms with Crippen molar-refractivity contribution < 1.29 is 9.72 Å². The van der Waals surface area contributed by atoms with E-state index in [0.717, 1.165) is 11.8 Å². The highest BCUT2D eigenvalue weighted by atomic mass is 16.6. The summed E-state index contributed by atoms with van der Waals surface area (Å²) in [6.07, 6.45) is 9.70. The largest absolute Gasteiger partial charge is 0.349 e. The van der Waals surface area contributed by atoms with E-state index in [1.54, 1.807) is 29.2 Å². The van der Waals surface area contributed by atoms with Gasteiger partial charge in [-0.15, -0.1) is 0 Å². The normalized spacial score (nSPS) is 31.0. The number of carbonyl (C=O) groups excluding carboxylic acids is 1. The van der Waals surface area contributed by atoms with Crippen LogP contribution in [-0.4, -0.2) is 26.7 Å². The summed E-state index contributed by atoms with van der Waals surface area (Å²) in [6.45, 7) is 0. The van der Waals surface area contributed by atoms with Crippen molar-refractivity contribution in [3.63, 3.8) is 0 Å². The molecule has 0 aliphatic heterocycles. The van der Waals surface area contributed by atoms with Gasteiger partial charge in [0.2, 0.25) is 0 Å². The van der Waals surface area contributed by atoms with Crippen molar-refractivity contribution in [2.24, 2.45) is 23.7 Å². The van der Waals surface area contributed by atoms with E-state index in [9.17, 15) is 14.9 Å². The van der Waals surface area contributed by atoms with Crippen molar-refractivity contribution >= 4 is 11.6 Å². The Morgan fingerprint density at radius 3 is 2.30 bits per heavy atom. The summed E-state index contributed by atoms with van der Waals surface area (Å²) < 4.78 is 1.58. The van der Waals surface area contributed by atoms with Crippen LogP contribution in [0.15, 0.2) is 36.7 Å². The van der Waals surface area contributed by atoms with Gasteiger partial charge in [-0.05, 0) is 67.9 Å². The molecule has 1 aromatic carbocycles. The van der Waals surface area contributed by atoms with Gasteiger partial charge in [0.1, 0.15) is 0 Å². The molecule has 4 aliphatic carbocycles. The molecule has 27 heavy (non-hydrogen) atoms. The summed E-state index contributed by atoms with van der Waals surface area (Å²) in [6, 6.07) is 6.43. The number of nitro benzene ring substituents is 1. The molecule has 6 rings (SSSR count). The van der Waals surface area contributed by atoms with Gasteiger partial charge in [-0.25, -0.2) is 4.68 Å². The number of rotatable bonds is 4. The Kier molecular flexibility index (Phi) is 3.77. The maximum absolute atomic E-state index is 12.8. The van der Waals surface area contributed by atoms with Gasteiger partial charge in [0.15, 0.2) is 0 Å². The molecule has 0 unspecified atom stereocenters. The summed E-state index contributed by atoms with van der Waals surface area (Å²) in [7, 11) is 0. The van der Waals surface area contributed by atoms with Gasteiger partial charge in [-0.3, -0.25) is 14.9 Å². The van der Waals surface area contributed by atoms with E-state index in [1.807, 2.05) is 0 Å². The molecule has 2 aromatic rings. The monoisotopic (exact) mass is 366 g/mol. The molecule has 0 saturated heterocycles. The van der Waals surface area contributed by atoms with Crippen LogP contribution in [0.1, 0.15) is 42.5 Å². The Bertz CT molecular complexity index is 861. The van der Waals surface area contributed by atoms with Crippen LogP contribution in [0, 0.1) is 33.8 Å². The van der Waals surface area contributed by atoms with Crippen LogP contribution in [-0.2, 0) is 0 Å². The average molecular weight is 366 g/mol. The SMILES string of the molecule is O=C(NC1C2CC3CC(C2)CC1C3)c1cnn(-c2ccc([N+](=O)[O-])cc2)c1. The summed E-state index contributed by atoms with van der Waals surface area (Å²) >= 11 is 0. The quantitative estimate of drug-likeness (QED) is 0.664. The van der Waals surface area contributed by atoms with Crippen LogP contribution in [0.2, 0.25) is 0 Å². The van der Waals surface area contributed by atoms with Crippen molar-refractivity contribution in [2.45, 2.75) is 38.1 Å². The van der Waals surface area contributed by atoms with Crippen LogP contribution in [0.4, 0.5) is 5.69 Å². The molecular weight excluding hydrogens is 344 g/mol. The lowest BCUT2D eigenvalue weighted by Gasteiger charge is -2.54. The van der Waals surface area contributed by atoms with Gasteiger partial charge in [-0.1, -0.05) is 0 Å². The predicted octanol–water partition coefficient (Wildman–Crippen LogP) is 3.34. The zero-order valence-corrected chi connectivity index (χ0v) is 15.0. The molecule has 4 bridgehead atoms. The minimum Gasteiger partial charge on any atom is -0.349 e. The highest BCUT2D eigenvalue weighted by molar-refractivity contribution is 5.94. The number of nitrogens with one attached hydrogen (secondary N) is 1. The highest BCUT2D eigenvalue weighted by Crippen LogP contribution is 2.53. The van der Waals surface area contributed by atoms with Crippen molar-refractivity contribution in [3.8, 4) is 5.69 Å². The predicted molar refractivity (Wildman–Crippen MR) is 98.5 cm³/mol. The molecule has 0 atom stereocenters. The third kappa shape index (κ3) is 2.91. The fourth-order valence-corrected chi connectivity index (χ4v) is 5.70. The molecule has 1 heterocycles. The molecule has 1 N–H and O–H groups in total. The summed E-state index contributed by atoms with van der Waals surface area (Å²) in [5.41, 5.74) is 1.25. The Balaban J connectivity index is 1.30. The van der Waals surface area contributed by atoms with Crippen molar-refractivity contribution in [3.05, 3.63) is 52.3 Å². The minimum atomic E-state index is -0.434. The van der Waals surface area contributed by atoms with Gasteiger partial charge in [-0.2, -0.15) is 5.10 Å². The average Bonchev–Trinajstić information content (AvgIpc) is 3.14. The molecule has 4 saturated carbocycles. The zero-order chi connectivity index (χ0) is 18.5. The zero-order valence-electron chi connectivity index (χ0n) is 15.0. The van der Waals surface area contributed by atoms with Crippen molar-refractivity contribution in [1.82, 2.24) is 15.1 Å². The molecule has 4 aliphatic rings. The first-order chi connectivity index (χ1) is 13.1. The maximum Gasteiger partial charge on any atom is 0.269 e. The number of amides is 1. The van der Waals surface area contributed by atoms with Crippen molar-refractivity contribution in [2.75, 3.05) is 0 Å². The third-order valence-corrected chi connectivity index (χ3v) is 6.69. The lowest BCUT2D eigenvalue weighted by molar-refractivity contribution is -0.384. The molecule has 0 spiro atoms. The number of hydrogen-bond acceptors (Lipinski definition) is 4. The fraction of sp³-hybridized carbons (Fsp3) is 0.500. The molecule has 140 valence electrons.